The Kier molecular flexibility index (Phi) is 4.01. The van der Waals surface area contributed by atoms with Gasteiger partial charge in [-0.1, -0.05) is 12.1 Å². The first-order valence-corrected chi connectivity index (χ1v) is 7.87. The summed E-state index contributed by atoms with van der Waals surface area (Å²) in [6, 6.07) is 6.04. The molecule has 1 aliphatic heterocycles. The number of aromatic nitrogens is 2. The molecule has 2 aromatic rings. The number of alkyl halides is 2. The van der Waals surface area contributed by atoms with Crippen LogP contribution in [-0.4, -0.2) is 15.5 Å². The third-order valence-electron chi connectivity index (χ3n) is 4.46. The SMILES string of the molecule is CC(F)(F)Cn1c(=O)[nH]c2c(c1=O)CC[C@](C)(c1cccc(F)c1)N2. The molecule has 1 aromatic carbocycles. The lowest BCUT2D eigenvalue weighted by Crippen LogP contribution is -2.46. The number of hydrogen-bond acceptors (Lipinski definition) is 3. The van der Waals surface area contributed by atoms with Crippen LogP contribution in [-0.2, 0) is 18.5 Å². The van der Waals surface area contributed by atoms with Gasteiger partial charge in [0.25, 0.3) is 11.5 Å². The van der Waals surface area contributed by atoms with Crippen LogP contribution in [0.3, 0.4) is 0 Å². The van der Waals surface area contributed by atoms with Gasteiger partial charge in [0, 0.05) is 6.92 Å². The summed E-state index contributed by atoms with van der Waals surface area (Å²) in [7, 11) is 0. The van der Waals surface area contributed by atoms with E-state index in [1.54, 1.807) is 12.1 Å². The van der Waals surface area contributed by atoms with E-state index in [0.717, 1.165) is 0 Å². The van der Waals surface area contributed by atoms with Crippen LogP contribution in [0.1, 0.15) is 31.4 Å². The lowest BCUT2D eigenvalue weighted by Gasteiger charge is -2.37. The summed E-state index contributed by atoms with van der Waals surface area (Å²) in [5.74, 6) is -3.37. The molecule has 0 radical (unpaired) electrons. The Labute approximate surface area is 141 Å². The maximum atomic E-state index is 13.5. The predicted octanol–water partition coefficient (Wildman–Crippen LogP) is 2.60. The van der Waals surface area contributed by atoms with Crippen molar-refractivity contribution in [2.75, 3.05) is 5.32 Å². The third-order valence-corrected chi connectivity index (χ3v) is 4.46. The molecule has 5 nitrogen and oxygen atoms in total. The van der Waals surface area contributed by atoms with Crippen LogP contribution in [0, 0.1) is 5.82 Å². The molecule has 25 heavy (non-hydrogen) atoms. The van der Waals surface area contributed by atoms with Crippen LogP contribution in [0.5, 0.6) is 0 Å². The van der Waals surface area contributed by atoms with Gasteiger partial charge < -0.3 is 5.32 Å². The van der Waals surface area contributed by atoms with Gasteiger partial charge in [0.1, 0.15) is 11.6 Å². The van der Waals surface area contributed by atoms with E-state index in [9.17, 15) is 22.8 Å². The number of nitrogens with zero attached hydrogens (tertiary/aromatic N) is 1. The van der Waals surface area contributed by atoms with Crippen molar-refractivity contribution in [1.29, 1.82) is 0 Å². The second-order valence-corrected chi connectivity index (χ2v) is 6.71. The zero-order valence-corrected chi connectivity index (χ0v) is 13.8. The molecule has 0 spiro atoms. The highest BCUT2D eigenvalue weighted by atomic mass is 19.3. The minimum absolute atomic E-state index is 0.198. The molecule has 3 rings (SSSR count). The van der Waals surface area contributed by atoms with Gasteiger partial charge in [0.15, 0.2) is 0 Å². The van der Waals surface area contributed by atoms with Crippen LogP contribution < -0.4 is 16.6 Å². The molecule has 1 aliphatic rings. The molecule has 8 heteroatoms. The number of hydrogen-bond donors (Lipinski definition) is 2. The summed E-state index contributed by atoms with van der Waals surface area (Å²) >= 11 is 0. The highest BCUT2D eigenvalue weighted by Crippen LogP contribution is 2.35. The van der Waals surface area contributed by atoms with Gasteiger partial charge in [0.2, 0.25) is 0 Å². The fourth-order valence-electron chi connectivity index (χ4n) is 3.13. The second-order valence-electron chi connectivity index (χ2n) is 6.71. The van der Waals surface area contributed by atoms with Gasteiger partial charge in [0.05, 0.1) is 17.6 Å². The molecule has 0 bridgehead atoms. The van der Waals surface area contributed by atoms with Crippen LogP contribution in [0.25, 0.3) is 0 Å². The monoisotopic (exact) mass is 353 g/mol. The molecule has 1 atom stereocenters. The smallest absolute Gasteiger partial charge is 0.330 e. The average Bonchev–Trinajstić information content (AvgIpc) is 2.50. The zero-order chi connectivity index (χ0) is 18.4. The Balaban J connectivity index is 2.03. The first kappa shape index (κ1) is 17.3. The van der Waals surface area contributed by atoms with Crippen molar-refractivity contribution in [1.82, 2.24) is 9.55 Å². The summed E-state index contributed by atoms with van der Waals surface area (Å²) in [6.07, 6.45) is 0.730. The Hall–Kier alpha value is -2.51. The molecule has 2 N–H and O–H groups in total. The van der Waals surface area contributed by atoms with Crippen molar-refractivity contribution in [3.05, 3.63) is 62.0 Å². The van der Waals surface area contributed by atoms with Crippen LogP contribution in [0.4, 0.5) is 19.0 Å². The number of halogens is 3. The molecule has 0 fully saturated rings. The second kappa shape index (κ2) is 5.79. The molecule has 0 amide bonds. The van der Waals surface area contributed by atoms with Gasteiger partial charge in [-0.05, 0) is 37.5 Å². The Morgan fingerprint density at radius 3 is 2.68 bits per heavy atom. The quantitative estimate of drug-likeness (QED) is 0.891. The summed E-state index contributed by atoms with van der Waals surface area (Å²) in [4.78, 5) is 27.0. The molecule has 2 heterocycles. The van der Waals surface area contributed by atoms with Gasteiger partial charge >= 0.3 is 5.69 Å². The van der Waals surface area contributed by atoms with E-state index in [2.05, 4.69) is 10.3 Å². The van der Waals surface area contributed by atoms with E-state index >= 15 is 0 Å². The molecule has 0 unspecified atom stereocenters. The number of aromatic amines is 1. The first-order valence-electron chi connectivity index (χ1n) is 7.87. The van der Waals surface area contributed by atoms with E-state index in [1.165, 1.54) is 12.1 Å². The van der Waals surface area contributed by atoms with Gasteiger partial charge in [-0.15, -0.1) is 0 Å². The van der Waals surface area contributed by atoms with Gasteiger partial charge in [-0.2, -0.15) is 0 Å². The molecule has 0 saturated carbocycles. The van der Waals surface area contributed by atoms with Crippen molar-refractivity contribution >= 4 is 5.82 Å². The first-order chi connectivity index (χ1) is 11.6. The standard InChI is InChI=1S/C17H18F3N3O2/c1-16(10-4-3-5-11(18)8-10)7-6-12-13(22-16)21-15(25)23(14(12)24)9-17(2,19)20/h3-5,8,22H,6-7,9H2,1-2H3,(H,21,25)/t16-/m1/s1. The zero-order valence-electron chi connectivity index (χ0n) is 13.8. The molecule has 0 aliphatic carbocycles. The summed E-state index contributed by atoms with van der Waals surface area (Å²) in [5.41, 5.74) is -1.40. The highest BCUT2D eigenvalue weighted by molar-refractivity contribution is 5.50. The van der Waals surface area contributed by atoms with Gasteiger partial charge in [-0.3, -0.25) is 14.3 Å². The average molecular weight is 353 g/mol. The molecule has 134 valence electrons. The maximum absolute atomic E-state index is 13.5. The van der Waals surface area contributed by atoms with Crippen molar-refractivity contribution in [3.8, 4) is 0 Å². The van der Waals surface area contributed by atoms with Crippen LogP contribution in [0.15, 0.2) is 33.9 Å². The Bertz CT molecular complexity index is 930. The van der Waals surface area contributed by atoms with Crippen molar-refractivity contribution in [3.63, 3.8) is 0 Å². The summed E-state index contributed by atoms with van der Waals surface area (Å²) in [6.45, 7) is 1.50. The molecular formula is C17H18F3N3O2. The van der Waals surface area contributed by atoms with Crippen LogP contribution >= 0.6 is 0 Å². The van der Waals surface area contributed by atoms with Crippen molar-refractivity contribution in [2.24, 2.45) is 0 Å². The lowest BCUT2D eigenvalue weighted by atomic mass is 9.83. The molecular weight excluding hydrogens is 335 g/mol. The largest absolute Gasteiger partial charge is 0.362 e. The fraction of sp³-hybridized carbons (Fsp3) is 0.412. The number of rotatable bonds is 3. The highest BCUT2D eigenvalue weighted by Gasteiger charge is 2.34. The summed E-state index contributed by atoms with van der Waals surface area (Å²) < 4.78 is 40.5. The van der Waals surface area contributed by atoms with Crippen LogP contribution in [0.2, 0.25) is 0 Å². The topological polar surface area (TPSA) is 66.9 Å². The minimum Gasteiger partial charge on any atom is -0.362 e. The fourth-order valence-corrected chi connectivity index (χ4v) is 3.13. The number of H-pyrrole nitrogens is 1. The Morgan fingerprint density at radius 2 is 2.04 bits per heavy atom. The van der Waals surface area contributed by atoms with E-state index in [4.69, 9.17) is 0 Å². The van der Waals surface area contributed by atoms with E-state index in [1.807, 2.05) is 6.92 Å². The lowest BCUT2D eigenvalue weighted by molar-refractivity contribution is 0.00164. The minimum atomic E-state index is -3.18. The number of nitrogens with one attached hydrogen (secondary N) is 2. The predicted molar refractivity (Wildman–Crippen MR) is 87.6 cm³/mol. The molecule has 1 aromatic heterocycles. The number of fused-ring (bicyclic) bond motifs is 1. The number of anilines is 1. The van der Waals surface area contributed by atoms with E-state index < -0.39 is 29.3 Å². The van der Waals surface area contributed by atoms with E-state index in [0.29, 0.717) is 23.5 Å². The maximum Gasteiger partial charge on any atom is 0.330 e. The van der Waals surface area contributed by atoms with Gasteiger partial charge in [-0.25, -0.2) is 18.0 Å². The Morgan fingerprint density at radius 1 is 1.32 bits per heavy atom. The van der Waals surface area contributed by atoms with E-state index in [-0.39, 0.29) is 23.6 Å². The third kappa shape index (κ3) is 3.33. The normalized spacial score (nSPS) is 20.0. The van der Waals surface area contributed by atoms with Crippen molar-refractivity contribution < 1.29 is 13.2 Å². The summed E-state index contributed by atoms with van der Waals surface area (Å²) in [5, 5.41) is 3.07. The number of benzene rings is 1. The van der Waals surface area contributed by atoms with Crippen molar-refractivity contribution in [2.45, 2.75) is 44.7 Å². The molecule has 0 saturated heterocycles.